The standard InChI is InChI=1S/C21H20F2N2O/c1-4-26-24-14(2)18-13-21(16-9-11-17(22)12-10-16)25(15(18)3)20-8-6-5-7-19(20)23/h5-13H,4H2,1-3H3/b24-14-. The summed E-state index contributed by atoms with van der Waals surface area (Å²) in [4.78, 5) is 5.16. The number of hydrogen-bond acceptors (Lipinski definition) is 2. The molecular weight excluding hydrogens is 334 g/mol. The summed E-state index contributed by atoms with van der Waals surface area (Å²) in [6.07, 6.45) is 0. The number of oxime groups is 1. The first-order valence-corrected chi connectivity index (χ1v) is 8.43. The quantitative estimate of drug-likeness (QED) is 0.439. The lowest BCUT2D eigenvalue weighted by Crippen LogP contribution is -2.04. The van der Waals surface area contributed by atoms with Gasteiger partial charge in [0.25, 0.3) is 0 Å². The summed E-state index contributed by atoms with van der Waals surface area (Å²) in [5.41, 5.74) is 4.35. The molecule has 0 saturated carbocycles. The second-order valence-corrected chi connectivity index (χ2v) is 5.92. The molecule has 3 aromatic rings. The first-order valence-electron chi connectivity index (χ1n) is 8.43. The fraction of sp³-hybridized carbons (Fsp3) is 0.190. The number of aromatic nitrogens is 1. The molecule has 5 heteroatoms. The number of benzene rings is 2. The van der Waals surface area contributed by atoms with Crippen LogP contribution < -0.4 is 0 Å². The SMILES string of the molecule is CCO/N=C(/C)c1cc(-c2ccc(F)cc2)n(-c2ccccc2F)c1C. The molecule has 0 amide bonds. The van der Waals surface area contributed by atoms with Gasteiger partial charge in [0.15, 0.2) is 0 Å². The van der Waals surface area contributed by atoms with Gasteiger partial charge in [-0.15, -0.1) is 0 Å². The third-order valence-corrected chi connectivity index (χ3v) is 4.20. The maximum Gasteiger partial charge on any atom is 0.147 e. The van der Waals surface area contributed by atoms with Gasteiger partial charge in [-0.1, -0.05) is 17.3 Å². The van der Waals surface area contributed by atoms with Gasteiger partial charge in [-0.25, -0.2) is 8.78 Å². The molecule has 3 rings (SSSR count). The summed E-state index contributed by atoms with van der Waals surface area (Å²) in [7, 11) is 0. The Balaban J connectivity index is 2.25. The minimum atomic E-state index is -0.333. The highest BCUT2D eigenvalue weighted by molar-refractivity contribution is 6.01. The van der Waals surface area contributed by atoms with Crippen molar-refractivity contribution < 1.29 is 13.6 Å². The van der Waals surface area contributed by atoms with E-state index in [1.165, 1.54) is 18.2 Å². The maximum absolute atomic E-state index is 14.5. The van der Waals surface area contributed by atoms with E-state index < -0.39 is 0 Å². The van der Waals surface area contributed by atoms with Crippen molar-refractivity contribution in [2.24, 2.45) is 5.16 Å². The van der Waals surface area contributed by atoms with Crippen LogP contribution in [0.2, 0.25) is 0 Å². The number of rotatable bonds is 5. The molecule has 134 valence electrons. The zero-order valence-corrected chi connectivity index (χ0v) is 15.0. The Morgan fingerprint density at radius 1 is 1.08 bits per heavy atom. The van der Waals surface area contributed by atoms with E-state index in [2.05, 4.69) is 5.16 Å². The van der Waals surface area contributed by atoms with Gasteiger partial charge < -0.3 is 9.40 Å². The Morgan fingerprint density at radius 2 is 1.77 bits per heavy atom. The molecule has 0 unspecified atom stereocenters. The molecule has 3 nitrogen and oxygen atoms in total. The van der Waals surface area contributed by atoms with Crippen LogP contribution in [0.15, 0.2) is 59.8 Å². The van der Waals surface area contributed by atoms with Crippen LogP contribution in [0.3, 0.4) is 0 Å². The molecule has 0 aliphatic rings. The van der Waals surface area contributed by atoms with Gasteiger partial charge in [0, 0.05) is 11.3 Å². The van der Waals surface area contributed by atoms with Gasteiger partial charge in [-0.3, -0.25) is 0 Å². The highest BCUT2D eigenvalue weighted by atomic mass is 19.1. The average Bonchev–Trinajstić information content (AvgIpc) is 2.98. The van der Waals surface area contributed by atoms with Gasteiger partial charge in [0.05, 0.1) is 17.1 Å². The Bertz CT molecular complexity index is 943. The van der Waals surface area contributed by atoms with Gasteiger partial charge in [0.1, 0.15) is 18.2 Å². The van der Waals surface area contributed by atoms with Gasteiger partial charge >= 0.3 is 0 Å². The largest absolute Gasteiger partial charge is 0.396 e. The van der Waals surface area contributed by atoms with E-state index in [1.807, 2.05) is 31.4 Å². The van der Waals surface area contributed by atoms with Crippen LogP contribution >= 0.6 is 0 Å². The monoisotopic (exact) mass is 354 g/mol. The second kappa shape index (κ2) is 7.52. The number of para-hydroxylation sites is 1. The van der Waals surface area contributed by atoms with Gasteiger partial charge in [-0.2, -0.15) is 0 Å². The molecule has 1 aromatic heterocycles. The minimum Gasteiger partial charge on any atom is -0.396 e. The van der Waals surface area contributed by atoms with Crippen molar-refractivity contribution in [1.82, 2.24) is 4.57 Å². The fourth-order valence-corrected chi connectivity index (χ4v) is 2.96. The predicted octanol–water partition coefficient (Wildman–Crippen LogP) is 5.49. The maximum atomic E-state index is 14.5. The first kappa shape index (κ1) is 17.9. The molecule has 0 atom stereocenters. The summed E-state index contributed by atoms with van der Waals surface area (Å²) in [6.45, 7) is 6.07. The highest BCUT2D eigenvalue weighted by Gasteiger charge is 2.19. The van der Waals surface area contributed by atoms with Crippen molar-refractivity contribution in [2.45, 2.75) is 20.8 Å². The number of nitrogens with zero attached hydrogens (tertiary/aromatic N) is 2. The van der Waals surface area contributed by atoms with Crippen LogP contribution in [0.4, 0.5) is 8.78 Å². The van der Waals surface area contributed by atoms with E-state index in [0.29, 0.717) is 18.0 Å². The molecule has 0 bridgehead atoms. The smallest absolute Gasteiger partial charge is 0.147 e. The molecule has 0 N–H and O–H groups in total. The summed E-state index contributed by atoms with van der Waals surface area (Å²) in [6, 6.07) is 14.6. The summed E-state index contributed by atoms with van der Waals surface area (Å²) in [5.74, 6) is -0.649. The van der Waals surface area contributed by atoms with E-state index in [-0.39, 0.29) is 11.6 Å². The number of hydrogen-bond donors (Lipinski definition) is 0. The van der Waals surface area contributed by atoms with E-state index in [0.717, 1.165) is 22.5 Å². The Kier molecular flexibility index (Phi) is 5.16. The van der Waals surface area contributed by atoms with E-state index >= 15 is 0 Å². The third-order valence-electron chi connectivity index (χ3n) is 4.20. The molecule has 26 heavy (non-hydrogen) atoms. The predicted molar refractivity (Wildman–Crippen MR) is 99.7 cm³/mol. The van der Waals surface area contributed by atoms with Crippen LogP contribution in [0.25, 0.3) is 16.9 Å². The molecule has 1 heterocycles. The zero-order chi connectivity index (χ0) is 18.7. The van der Waals surface area contributed by atoms with E-state index in [4.69, 9.17) is 4.84 Å². The lowest BCUT2D eigenvalue weighted by Gasteiger charge is -2.13. The van der Waals surface area contributed by atoms with Crippen molar-refractivity contribution in [3.05, 3.63) is 77.5 Å². The minimum absolute atomic E-state index is 0.316. The first-order chi connectivity index (χ1) is 12.5. The molecule has 2 aromatic carbocycles. The van der Waals surface area contributed by atoms with Crippen LogP contribution in [-0.4, -0.2) is 16.9 Å². The Hall–Kier alpha value is -2.95. The third kappa shape index (κ3) is 3.38. The molecule has 0 fully saturated rings. The van der Waals surface area contributed by atoms with Crippen molar-refractivity contribution >= 4 is 5.71 Å². The second-order valence-electron chi connectivity index (χ2n) is 5.92. The van der Waals surface area contributed by atoms with Crippen molar-refractivity contribution in [3.8, 4) is 16.9 Å². The summed E-state index contributed by atoms with van der Waals surface area (Å²) < 4.78 is 29.7. The molecule has 0 aliphatic carbocycles. The number of halogens is 2. The van der Waals surface area contributed by atoms with Crippen molar-refractivity contribution in [3.63, 3.8) is 0 Å². The topological polar surface area (TPSA) is 26.5 Å². The Morgan fingerprint density at radius 3 is 2.42 bits per heavy atom. The van der Waals surface area contributed by atoms with Gasteiger partial charge in [0.2, 0.25) is 0 Å². The van der Waals surface area contributed by atoms with Crippen molar-refractivity contribution in [2.75, 3.05) is 6.61 Å². The normalized spacial score (nSPS) is 11.7. The average molecular weight is 354 g/mol. The zero-order valence-electron chi connectivity index (χ0n) is 15.0. The Labute approximate surface area is 151 Å². The van der Waals surface area contributed by atoms with Crippen LogP contribution in [0.5, 0.6) is 0 Å². The van der Waals surface area contributed by atoms with Crippen LogP contribution in [0, 0.1) is 18.6 Å². The van der Waals surface area contributed by atoms with Crippen molar-refractivity contribution in [1.29, 1.82) is 0 Å². The fourth-order valence-electron chi connectivity index (χ4n) is 2.96. The van der Waals surface area contributed by atoms with Gasteiger partial charge in [-0.05, 0) is 68.8 Å². The molecule has 0 aliphatic heterocycles. The lowest BCUT2D eigenvalue weighted by atomic mass is 10.1. The van der Waals surface area contributed by atoms with E-state index in [1.54, 1.807) is 30.3 Å². The molecular formula is C21H20F2N2O. The summed E-state index contributed by atoms with van der Waals surface area (Å²) >= 11 is 0. The van der Waals surface area contributed by atoms with Crippen LogP contribution in [-0.2, 0) is 4.84 Å². The van der Waals surface area contributed by atoms with E-state index in [9.17, 15) is 8.78 Å². The summed E-state index contributed by atoms with van der Waals surface area (Å²) in [5, 5.41) is 4.10. The highest BCUT2D eigenvalue weighted by Crippen LogP contribution is 2.31. The lowest BCUT2D eigenvalue weighted by molar-refractivity contribution is 0.159. The molecule has 0 saturated heterocycles. The molecule has 0 spiro atoms. The van der Waals surface area contributed by atoms with Crippen LogP contribution in [0.1, 0.15) is 25.1 Å². The molecule has 0 radical (unpaired) electrons.